The minimum absolute atomic E-state index is 0.180. The lowest BCUT2D eigenvalue weighted by Gasteiger charge is -2.36. The molecular weight excluding hydrogens is 317 g/mol. The number of nitrogens with zero attached hydrogens (tertiary/aromatic N) is 4. The fourth-order valence-electron chi connectivity index (χ4n) is 3.31. The maximum Gasteiger partial charge on any atom is 0.138 e. The standard InChI is InChI=1S/C19H20FN5/c20-17-3-1-2-16(10-17)19-11-21-8-9-24(19)12-15-4-6-18(7-5-15)25-14-22-13-23-25/h1-7,10,13-14,19,21H,8-9,11-12H2. The maximum atomic E-state index is 13.6. The van der Waals surface area contributed by atoms with Crippen molar-refractivity contribution in [2.45, 2.75) is 12.6 Å². The summed E-state index contributed by atoms with van der Waals surface area (Å²) < 4.78 is 15.3. The van der Waals surface area contributed by atoms with Gasteiger partial charge >= 0.3 is 0 Å². The van der Waals surface area contributed by atoms with Gasteiger partial charge in [-0.3, -0.25) is 4.90 Å². The molecule has 25 heavy (non-hydrogen) atoms. The van der Waals surface area contributed by atoms with Crippen molar-refractivity contribution in [3.63, 3.8) is 0 Å². The van der Waals surface area contributed by atoms with Gasteiger partial charge in [0.1, 0.15) is 18.5 Å². The van der Waals surface area contributed by atoms with Crippen LogP contribution in [0.2, 0.25) is 0 Å². The average molecular weight is 337 g/mol. The number of benzene rings is 2. The van der Waals surface area contributed by atoms with Crippen molar-refractivity contribution >= 4 is 0 Å². The summed E-state index contributed by atoms with van der Waals surface area (Å²) in [5.41, 5.74) is 3.24. The molecule has 1 saturated heterocycles. The third-order valence-corrected chi connectivity index (χ3v) is 4.59. The second kappa shape index (κ2) is 7.13. The van der Waals surface area contributed by atoms with Gasteiger partial charge in [0.2, 0.25) is 0 Å². The van der Waals surface area contributed by atoms with Gasteiger partial charge in [-0.1, -0.05) is 24.3 Å². The van der Waals surface area contributed by atoms with Crippen LogP contribution >= 0.6 is 0 Å². The summed E-state index contributed by atoms with van der Waals surface area (Å²) in [5.74, 6) is -0.180. The average Bonchev–Trinajstić information content (AvgIpc) is 3.18. The van der Waals surface area contributed by atoms with E-state index in [9.17, 15) is 4.39 Å². The minimum Gasteiger partial charge on any atom is -0.314 e. The van der Waals surface area contributed by atoms with Gasteiger partial charge in [0.05, 0.1) is 5.69 Å². The largest absolute Gasteiger partial charge is 0.314 e. The Bertz CT molecular complexity index is 816. The topological polar surface area (TPSA) is 46.0 Å². The first-order valence-corrected chi connectivity index (χ1v) is 8.44. The van der Waals surface area contributed by atoms with E-state index in [0.717, 1.165) is 37.4 Å². The fourth-order valence-corrected chi connectivity index (χ4v) is 3.31. The molecule has 0 aliphatic carbocycles. The second-order valence-electron chi connectivity index (χ2n) is 6.25. The van der Waals surface area contributed by atoms with Gasteiger partial charge in [-0.2, -0.15) is 5.10 Å². The van der Waals surface area contributed by atoms with Crippen molar-refractivity contribution in [1.82, 2.24) is 25.0 Å². The molecule has 5 nitrogen and oxygen atoms in total. The summed E-state index contributed by atoms with van der Waals surface area (Å²) in [6.45, 7) is 3.55. The molecule has 0 spiro atoms. The van der Waals surface area contributed by atoms with Crippen molar-refractivity contribution in [2.24, 2.45) is 0 Å². The molecule has 0 amide bonds. The highest BCUT2D eigenvalue weighted by molar-refractivity contribution is 5.33. The number of nitrogens with one attached hydrogen (secondary N) is 1. The fraction of sp³-hybridized carbons (Fsp3) is 0.263. The summed E-state index contributed by atoms with van der Waals surface area (Å²) in [5, 5.41) is 7.56. The smallest absolute Gasteiger partial charge is 0.138 e. The molecule has 128 valence electrons. The molecular formula is C19H20FN5. The Morgan fingerprint density at radius 2 is 2.04 bits per heavy atom. The third kappa shape index (κ3) is 3.60. The van der Waals surface area contributed by atoms with Crippen LogP contribution in [0.5, 0.6) is 0 Å². The number of aromatic nitrogens is 3. The van der Waals surface area contributed by atoms with Crippen molar-refractivity contribution in [2.75, 3.05) is 19.6 Å². The van der Waals surface area contributed by atoms with E-state index in [1.807, 2.05) is 18.2 Å². The zero-order valence-corrected chi connectivity index (χ0v) is 13.8. The van der Waals surface area contributed by atoms with E-state index in [1.54, 1.807) is 23.1 Å². The highest BCUT2D eigenvalue weighted by atomic mass is 19.1. The van der Waals surface area contributed by atoms with Crippen molar-refractivity contribution in [3.05, 3.63) is 78.1 Å². The van der Waals surface area contributed by atoms with Crippen LogP contribution < -0.4 is 5.32 Å². The molecule has 1 aromatic heterocycles. The Morgan fingerprint density at radius 3 is 2.80 bits per heavy atom. The Labute approximate surface area is 146 Å². The van der Waals surface area contributed by atoms with Crippen LogP contribution in [-0.2, 0) is 6.54 Å². The Morgan fingerprint density at radius 1 is 1.16 bits per heavy atom. The van der Waals surface area contributed by atoms with Gasteiger partial charge in [-0.15, -0.1) is 0 Å². The Hall–Kier alpha value is -2.57. The summed E-state index contributed by atoms with van der Waals surface area (Å²) in [6.07, 6.45) is 3.21. The molecule has 6 heteroatoms. The Kier molecular flexibility index (Phi) is 4.54. The third-order valence-electron chi connectivity index (χ3n) is 4.59. The van der Waals surface area contributed by atoms with E-state index >= 15 is 0 Å². The molecule has 0 radical (unpaired) electrons. The normalized spacial score (nSPS) is 18.4. The van der Waals surface area contributed by atoms with E-state index in [2.05, 4.69) is 32.4 Å². The van der Waals surface area contributed by atoms with Crippen LogP contribution in [0, 0.1) is 5.82 Å². The van der Waals surface area contributed by atoms with E-state index in [-0.39, 0.29) is 11.9 Å². The lowest BCUT2D eigenvalue weighted by Crippen LogP contribution is -2.45. The predicted molar refractivity (Wildman–Crippen MR) is 93.8 cm³/mol. The Balaban J connectivity index is 1.51. The molecule has 2 aromatic carbocycles. The zero-order valence-electron chi connectivity index (χ0n) is 13.8. The first-order valence-electron chi connectivity index (χ1n) is 8.44. The second-order valence-corrected chi connectivity index (χ2v) is 6.25. The van der Waals surface area contributed by atoms with E-state index in [4.69, 9.17) is 0 Å². The molecule has 1 aliphatic rings. The molecule has 2 heterocycles. The predicted octanol–water partition coefficient (Wildman–Crippen LogP) is 2.55. The number of piperazine rings is 1. The van der Waals surface area contributed by atoms with Crippen molar-refractivity contribution < 1.29 is 4.39 Å². The van der Waals surface area contributed by atoms with Gasteiger partial charge in [-0.05, 0) is 35.4 Å². The lowest BCUT2D eigenvalue weighted by atomic mass is 10.0. The molecule has 1 atom stereocenters. The van der Waals surface area contributed by atoms with Crippen LogP contribution in [0.1, 0.15) is 17.2 Å². The molecule has 3 aromatic rings. The molecule has 0 saturated carbocycles. The van der Waals surface area contributed by atoms with Gasteiger partial charge < -0.3 is 5.32 Å². The summed E-state index contributed by atoms with van der Waals surface area (Å²) in [6, 6.07) is 15.4. The highest BCUT2D eigenvalue weighted by Crippen LogP contribution is 2.25. The quantitative estimate of drug-likeness (QED) is 0.795. The molecule has 1 unspecified atom stereocenters. The summed E-state index contributed by atoms with van der Waals surface area (Å²) >= 11 is 0. The van der Waals surface area contributed by atoms with Crippen LogP contribution in [0.25, 0.3) is 5.69 Å². The van der Waals surface area contributed by atoms with E-state index in [0.29, 0.717) is 0 Å². The van der Waals surface area contributed by atoms with Gasteiger partial charge in [0, 0.05) is 32.2 Å². The first kappa shape index (κ1) is 15.9. The zero-order chi connectivity index (χ0) is 17.1. The molecule has 1 aliphatic heterocycles. The van der Waals surface area contributed by atoms with Crippen LogP contribution in [0.15, 0.2) is 61.2 Å². The van der Waals surface area contributed by atoms with Crippen LogP contribution in [0.3, 0.4) is 0 Å². The van der Waals surface area contributed by atoms with Crippen LogP contribution in [0.4, 0.5) is 4.39 Å². The molecule has 1 N–H and O–H groups in total. The lowest BCUT2D eigenvalue weighted by molar-refractivity contribution is 0.153. The summed E-state index contributed by atoms with van der Waals surface area (Å²) in [4.78, 5) is 6.37. The molecule has 1 fully saturated rings. The van der Waals surface area contributed by atoms with Crippen LogP contribution in [-0.4, -0.2) is 39.3 Å². The van der Waals surface area contributed by atoms with Crippen molar-refractivity contribution in [1.29, 1.82) is 0 Å². The first-order chi connectivity index (χ1) is 12.3. The number of halogens is 1. The monoisotopic (exact) mass is 337 g/mol. The SMILES string of the molecule is Fc1cccc(C2CNCCN2Cc2ccc(-n3cncn3)cc2)c1. The molecule has 0 bridgehead atoms. The van der Waals surface area contributed by atoms with Gasteiger partial charge in [-0.25, -0.2) is 14.1 Å². The van der Waals surface area contributed by atoms with Gasteiger partial charge in [0.15, 0.2) is 0 Å². The van der Waals surface area contributed by atoms with E-state index in [1.165, 1.54) is 18.0 Å². The maximum absolute atomic E-state index is 13.6. The minimum atomic E-state index is -0.180. The summed E-state index contributed by atoms with van der Waals surface area (Å²) in [7, 11) is 0. The highest BCUT2D eigenvalue weighted by Gasteiger charge is 2.24. The van der Waals surface area contributed by atoms with Crippen molar-refractivity contribution in [3.8, 4) is 5.69 Å². The number of hydrogen-bond acceptors (Lipinski definition) is 4. The van der Waals surface area contributed by atoms with E-state index < -0.39 is 0 Å². The number of hydrogen-bond donors (Lipinski definition) is 1. The number of rotatable bonds is 4. The molecule has 4 rings (SSSR count). The van der Waals surface area contributed by atoms with Gasteiger partial charge in [0.25, 0.3) is 0 Å².